The molecule has 0 amide bonds. The third kappa shape index (κ3) is 1.28. The van der Waals surface area contributed by atoms with E-state index in [4.69, 9.17) is 0 Å². The Hall–Kier alpha value is -2.17. The molecular weight excluding hydrogens is 216 g/mol. The molecule has 3 aromatic rings. The lowest BCUT2D eigenvalue weighted by molar-refractivity contribution is 0.691. The van der Waals surface area contributed by atoms with Gasteiger partial charge in [-0.05, 0) is 26.0 Å². The lowest BCUT2D eigenvalue weighted by Crippen LogP contribution is -2.27. The van der Waals surface area contributed by atoms with Gasteiger partial charge >= 0.3 is 5.69 Å². The van der Waals surface area contributed by atoms with Crippen LogP contribution in [0.1, 0.15) is 12.7 Å². The van der Waals surface area contributed by atoms with Crippen molar-refractivity contribution in [3.8, 4) is 0 Å². The molecule has 0 fully saturated rings. The number of nitrogens with zero attached hydrogens (tertiary/aromatic N) is 4. The van der Waals surface area contributed by atoms with Crippen molar-refractivity contribution in [1.29, 1.82) is 0 Å². The van der Waals surface area contributed by atoms with Crippen molar-refractivity contribution < 1.29 is 0 Å². The van der Waals surface area contributed by atoms with Crippen LogP contribution in [0, 0.1) is 6.92 Å². The molecule has 5 nitrogen and oxygen atoms in total. The van der Waals surface area contributed by atoms with Gasteiger partial charge in [-0.1, -0.05) is 12.1 Å². The van der Waals surface area contributed by atoms with Gasteiger partial charge in [0.25, 0.3) is 0 Å². The smallest absolute Gasteiger partial charge is 0.292 e. The van der Waals surface area contributed by atoms with E-state index in [9.17, 15) is 4.79 Å². The number of fused-ring (bicyclic) bond motifs is 3. The molecule has 86 valence electrons. The number of rotatable bonds is 1. The van der Waals surface area contributed by atoms with Crippen LogP contribution in [0.2, 0.25) is 0 Å². The first-order chi connectivity index (χ1) is 8.22. The molecule has 0 aliphatic heterocycles. The summed E-state index contributed by atoms with van der Waals surface area (Å²) in [5.41, 5.74) is 1.40. The minimum atomic E-state index is -0.137. The highest BCUT2D eigenvalue weighted by molar-refractivity contribution is 5.91. The molecular formula is C12H12N4O. The van der Waals surface area contributed by atoms with Crippen LogP contribution in [0.4, 0.5) is 0 Å². The fourth-order valence-electron chi connectivity index (χ4n) is 2.14. The maximum absolute atomic E-state index is 12.2. The average Bonchev–Trinajstić information content (AvgIpc) is 2.72. The maximum Gasteiger partial charge on any atom is 0.351 e. The standard InChI is InChI=1S/C12H12N4O/c1-3-15-10-7-5-4-6-9(10)11-13-8(2)14-16(11)12(15)17/h4-7H,3H2,1-2H3. The number of aryl methyl sites for hydroxylation is 2. The molecule has 0 radical (unpaired) electrons. The molecule has 2 heterocycles. The summed E-state index contributed by atoms with van der Waals surface area (Å²) in [4.78, 5) is 16.5. The molecule has 0 bridgehead atoms. The van der Waals surface area contributed by atoms with Crippen LogP contribution < -0.4 is 5.69 Å². The molecule has 0 aliphatic rings. The number of hydrogen-bond donors (Lipinski definition) is 0. The second-order valence-corrected chi connectivity index (χ2v) is 3.94. The van der Waals surface area contributed by atoms with Gasteiger partial charge in [-0.25, -0.2) is 9.78 Å². The summed E-state index contributed by atoms with van der Waals surface area (Å²) in [6.45, 7) is 4.36. The highest BCUT2D eigenvalue weighted by Gasteiger charge is 2.11. The lowest BCUT2D eigenvalue weighted by Gasteiger charge is -2.07. The second-order valence-electron chi connectivity index (χ2n) is 3.94. The van der Waals surface area contributed by atoms with Gasteiger partial charge in [0.15, 0.2) is 5.65 Å². The number of hydrogen-bond acceptors (Lipinski definition) is 3. The summed E-state index contributed by atoms with van der Waals surface area (Å²) in [6, 6.07) is 7.76. The molecule has 1 aromatic carbocycles. The van der Waals surface area contributed by atoms with Crippen LogP contribution in [0.5, 0.6) is 0 Å². The van der Waals surface area contributed by atoms with Crippen molar-refractivity contribution in [1.82, 2.24) is 19.2 Å². The van der Waals surface area contributed by atoms with Gasteiger partial charge in [0.2, 0.25) is 0 Å². The Labute approximate surface area is 97.3 Å². The number of benzene rings is 1. The van der Waals surface area contributed by atoms with E-state index in [-0.39, 0.29) is 5.69 Å². The fraction of sp³-hybridized carbons (Fsp3) is 0.250. The Morgan fingerprint density at radius 3 is 2.82 bits per heavy atom. The van der Waals surface area contributed by atoms with Crippen molar-refractivity contribution in [2.24, 2.45) is 0 Å². The zero-order valence-electron chi connectivity index (χ0n) is 9.71. The zero-order chi connectivity index (χ0) is 12.0. The van der Waals surface area contributed by atoms with Crippen molar-refractivity contribution in [2.75, 3.05) is 0 Å². The topological polar surface area (TPSA) is 52.2 Å². The van der Waals surface area contributed by atoms with Gasteiger partial charge in [-0.15, -0.1) is 5.10 Å². The molecule has 0 atom stereocenters. The third-order valence-electron chi connectivity index (χ3n) is 2.88. The minimum absolute atomic E-state index is 0.137. The fourth-order valence-corrected chi connectivity index (χ4v) is 2.14. The Morgan fingerprint density at radius 2 is 2.06 bits per heavy atom. The van der Waals surface area contributed by atoms with E-state index in [0.717, 1.165) is 10.9 Å². The van der Waals surface area contributed by atoms with E-state index in [1.807, 2.05) is 31.2 Å². The van der Waals surface area contributed by atoms with Crippen LogP contribution in [-0.2, 0) is 6.54 Å². The van der Waals surface area contributed by atoms with E-state index >= 15 is 0 Å². The first-order valence-electron chi connectivity index (χ1n) is 5.57. The molecule has 0 N–H and O–H groups in total. The molecule has 17 heavy (non-hydrogen) atoms. The Morgan fingerprint density at radius 1 is 1.29 bits per heavy atom. The van der Waals surface area contributed by atoms with Crippen LogP contribution in [0.25, 0.3) is 16.6 Å². The lowest BCUT2D eigenvalue weighted by atomic mass is 10.2. The Bertz CT molecular complexity index is 769. The minimum Gasteiger partial charge on any atom is -0.292 e. The molecule has 0 saturated heterocycles. The summed E-state index contributed by atoms with van der Waals surface area (Å²) in [5.74, 6) is 0.612. The molecule has 0 aliphatic carbocycles. The SMILES string of the molecule is CCn1c(=O)n2nc(C)nc2c2ccccc21. The van der Waals surface area contributed by atoms with Crippen molar-refractivity contribution in [3.63, 3.8) is 0 Å². The summed E-state index contributed by atoms with van der Waals surface area (Å²) < 4.78 is 3.08. The summed E-state index contributed by atoms with van der Waals surface area (Å²) in [6.07, 6.45) is 0. The number of aromatic nitrogens is 4. The predicted molar refractivity (Wildman–Crippen MR) is 65.2 cm³/mol. The van der Waals surface area contributed by atoms with Crippen LogP contribution >= 0.6 is 0 Å². The van der Waals surface area contributed by atoms with Crippen molar-refractivity contribution in [2.45, 2.75) is 20.4 Å². The first kappa shape index (κ1) is 10.0. The van der Waals surface area contributed by atoms with Crippen LogP contribution in [-0.4, -0.2) is 19.2 Å². The van der Waals surface area contributed by atoms with Gasteiger partial charge in [-0.3, -0.25) is 4.57 Å². The van der Waals surface area contributed by atoms with Crippen LogP contribution in [0.3, 0.4) is 0 Å². The van der Waals surface area contributed by atoms with E-state index in [2.05, 4.69) is 10.1 Å². The quantitative estimate of drug-likeness (QED) is 0.632. The zero-order valence-corrected chi connectivity index (χ0v) is 9.71. The Balaban J connectivity index is 2.68. The van der Waals surface area contributed by atoms with E-state index in [1.54, 1.807) is 11.5 Å². The highest BCUT2D eigenvalue weighted by Crippen LogP contribution is 2.16. The van der Waals surface area contributed by atoms with Crippen molar-refractivity contribution in [3.05, 3.63) is 40.6 Å². The van der Waals surface area contributed by atoms with Gasteiger partial charge in [0.05, 0.1) is 5.52 Å². The first-order valence-corrected chi connectivity index (χ1v) is 5.57. The average molecular weight is 228 g/mol. The number of para-hydroxylation sites is 1. The molecule has 0 saturated carbocycles. The molecule has 0 spiro atoms. The Kier molecular flexibility index (Phi) is 2.01. The summed E-state index contributed by atoms with van der Waals surface area (Å²) >= 11 is 0. The molecule has 2 aromatic heterocycles. The highest BCUT2D eigenvalue weighted by atomic mass is 16.2. The third-order valence-corrected chi connectivity index (χ3v) is 2.88. The summed E-state index contributed by atoms with van der Waals surface area (Å²) in [7, 11) is 0. The molecule has 0 unspecified atom stereocenters. The van der Waals surface area contributed by atoms with Gasteiger partial charge in [0, 0.05) is 11.9 Å². The largest absolute Gasteiger partial charge is 0.351 e. The van der Waals surface area contributed by atoms with Crippen molar-refractivity contribution >= 4 is 16.6 Å². The monoisotopic (exact) mass is 228 g/mol. The normalized spacial score (nSPS) is 11.4. The van der Waals surface area contributed by atoms with Gasteiger partial charge < -0.3 is 0 Å². The molecule has 3 rings (SSSR count). The van der Waals surface area contributed by atoms with E-state index in [1.165, 1.54) is 4.52 Å². The predicted octanol–water partition coefficient (Wildman–Crippen LogP) is 1.37. The van der Waals surface area contributed by atoms with E-state index < -0.39 is 0 Å². The van der Waals surface area contributed by atoms with Gasteiger partial charge in [-0.2, -0.15) is 4.52 Å². The second kappa shape index (κ2) is 3.41. The summed E-state index contributed by atoms with van der Waals surface area (Å²) in [5, 5.41) is 5.10. The van der Waals surface area contributed by atoms with E-state index in [0.29, 0.717) is 18.0 Å². The molecule has 5 heteroatoms. The van der Waals surface area contributed by atoms with Gasteiger partial charge in [0.1, 0.15) is 5.82 Å². The maximum atomic E-state index is 12.2. The van der Waals surface area contributed by atoms with Crippen LogP contribution in [0.15, 0.2) is 29.1 Å².